The Hall–Kier alpha value is -3.58. The molecule has 3 aromatic rings. The van der Waals surface area contributed by atoms with E-state index in [1.807, 2.05) is 19.9 Å². The van der Waals surface area contributed by atoms with Crippen LogP contribution in [-0.4, -0.2) is 35.5 Å². The van der Waals surface area contributed by atoms with Crippen molar-refractivity contribution in [1.82, 2.24) is 0 Å². The van der Waals surface area contributed by atoms with Crippen molar-refractivity contribution in [3.8, 4) is 0 Å². The first-order chi connectivity index (χ1) is 18.1. The Labute approximate surface area is 226 Å². The van der Waals surface area contributed by atoms with E-state index in [2.05, 4.69) is 10.0 Å². The third-order valence-electron chi connectivity index (χ3n) is 5.83. The normalized spacial score (nSPS) is 12.2. The number of carbonyl (C=O) groups is 1. The molecule has 2 N–H and O–H groups in total. The average Bonchev–Trinajstić information content (AvgIpc) is 2.83. The molecule has 0 aliphatic carbocycles. The molecule has 0 fully saturated rings. The quantitative estimate of drug-likeness (QED) is 0.336. The number of hydrogen-bond acceptors (Lipinski definition) is 5. The molecule has 0 spiro atoms. The Bertz CT molecular complexity index is 1560. The van der Waals surface area contributed by atoms with Crippen LogP contribution in [0, 0.1) is 13.8 Å². The predicted octanol–water partition coefficient (Wildman–Crippen LogP) is 5.31. The number of rotatable bonds is 10. The van der Waals surface area contributed by atoms with Gasteiger partial charge in [-0.2, -0.15) is 13.2 Å². The van der Waals surface area contributed by atoms with Crippen molar-refractivity contribution < 1.29 is 34.8 Å². The summed E-state index contributed by atoms with van der Waals surface area (Å²) < 4.78 is 91.9. The van der Waals surface area contributed by atoms with Crippen molar-refractivity contribution in [3.63, 3.8) is 0 Å². The monoisotopic (exact) mass is 583 g/mol. The summed E-state index contributed by atoms with van der Waals surface area (Å²) in [5.74, 6) is -0.402. The van der Waals surface area contributed by atoms with Gasteiger partial charge in [-0.1, -0.05) is 12.1 Å². The summed E-state index contributed by atoms with van der Waals surface area (Å²) in [6.45, 7) is 3.89. The van der Waals surface area contributed by atoms with Gasteiger partial charge >= 0.3 is 6.18 Å². The second-order valence-corrected chi connectivity index (χ2v) is 12.6. The average molecular weight is 584 g/mol. The number of hydrogen-bond donors (Lipinski definition) is 2. The van der Waals surface area contributed by atoms with Gasteiger partial charge in [-0.25, -0.2) is 16.8 Å². The lowest BCUT2D eigenvalue weighted by Gasteiger charge is -2.23. The zero-order valence-corrected chi connectivity index (χ0v) is 23.0. The molecule has 0 bridgehead atoms. The molecular formula is C26H28F3N3O5S2. The molecular weight excluding hydrogens is 555 g/mol. The Balaban J connectivity index is 1.60. The summed E-state index contributed by atoms with van der Waals surface area (Å²) in [7, 11) is -7.76. The van der Waals surface area contributed by atoms with Crippen LogP contribution in [0.5, 0.6) is 0 Å². The highest BCUT2D eigenvalue weighted by Gasteiger charge is 2.30. The summed E-state index contributed by atoms with van der Waals surface area (Å²) >= 11 is 0. The molecule has 8 nitrogen and oxygen atoms in total. The molecule has 0 aliphatic rings. The highest BCUT2D eigenvalue weighted by molar-refractivity contribution is 7.92. The minimum absolute atomic E-state index is 0.00795. The molecule has 3 rings (SSSR count). The van der Waals surface area contributed by atoms with Gasteiger partial charge in [-0.3, -0.25) is 13.8 Å². The fourth-order valence-corrected chi connectivity index (χ4v) is 5.67. The summed E-state index contributed by atoms with van der Waals surface area (Å²) in [5, 5.41) is 2.62. The van der Waals surface area contributed by atoms with Crippen LogP contribution in [0.25, 0.3) is 0 Å². The molecule has 0 atom stereocenters. The number of nitrogens with zero attached hydrogens (tertiary/aromatic N) is 1. The van der Waals surface area contributed by atoms with Gasteiger partial charge in [0.05, 0.1) is 22.4 Å². The molecule has 210 valence electrons. The number of aryl methyl sites for hydroxylation is 2. The van der Waals surface area contributed by atoms with Gasteiger partial charge in [0.1, 0.15) is 0 Å². The zero-order chi connectivity index (χ0) is 29.0. The van der Waals surface area contributed by atoms with Crippen LogP contribution < -0.4 is 14.3 Å². The second kappa shape index (κ2) is 11.7. The summed E-state index contributed by atoms with van der Waals surface area (Å²) in [5.41, 5.74) is 1.54. The van der Waals surface area contributed by atoms with E-state index < -0.39 is 37.7 Å². The largest absolute Gasteiger partial charge is 0.416 e. The van der Waals surface area contributed by atoms with E-state index in [1.54, 1.807) is 12.1 Å². The third-order valence-corrected chi connectivity index (χ3v) is 8.43. The summed E-state index contributed by atoms with van der Waals surface area (Å²) in [6.07, 6.45) is -3.28. The molecule has 0 saturated carbocycles. The highest BCUT2D eigenvalue weighted by atomic mass is 32.2. The number of carbonyl (C=O) groups excluding carboxylic acids is 1. The van der Waals surface area contributed by atoms with Gasteiger partial charge in [0, 0.05) is 24.3 Å². The van der Waals surface area contributed by atoms with Crippen LogP contribution in [0.15, 0.2) is 71.6 Å². The van der Waals surface area contributed by atoms with E-state index in [0.717, 1.165) is 29.5 Å². The molecule has 1 amide bonds. The number of amides is 1. The standard InChI is InChI=1S/C26H28F3N3O5S2/c1-18-9-12-23(16-19(18)2)32(38(3,34)35)15-5-8-25(33)30-21-10-13-24(14-11-21)39(36,37)31-22-7-4-6-20(17-22)26(27,28)29/h4,6-7,9-14,16-17,31H,5,8,15H2,1-3H3,(H,30,33). The number of sulfonamides is 2. The van der Waals surface area contributed by atoms with Crippen LogP contribution in [0.2, 0.25) is 0 Å². The molecule has 13 heteroatoms. The van der Waals surface area contributed by atoms with Crippen molar-refractivity contribution in [3.05, 3.63) is 83.4 Å². The Kier molecular flexibility index (Phi) is 8.96. The van der Waals surface area contributed by atoms with Crippen molar-refractivity contribution >= 4 is 43.0 Å². The Morgan fingerprint density at radius 3 is 2.13 bits per heavy atom. The first kappa shape index (κ1) is 30.0. The van der Waals surface area contributed by atoms with E-state index >= 15 is 0 Å². The number of nitrogens with one attached hydrogen (secondary N) is 2. The first-order valence-electron chi connectivity index (χ1n) is 11.7. The predicted molar refractivity (Wildman–Crippen MR) is 145 cm³/mol. The lowest BCUT2D eigenvalue weighted by molar-refractivity contribution is -0.137. The Morgan fingerprint density at radius 2 is 1.54 bits per heavy atom. The van der Waals surface area contributed by atoms with Crippen molar-refractivity contribution in [2.45, 2.75) is 37.8 Å². The van der Waals surface area contributed by atoms with Crippen LogP contribution >= 0.6 is 0 Å². The van der Waals surface area contributed by atoms with Crippen LogP contribution in [0.1, 0.15) is 29.5 Å². The minimum atomic E-state index is -4.62. The molecule has 0 aliphatic heterocycles. The van der Waals surface area contributed by atoms with Gasteiger partial charge in [0.25, 0.3) is 10.0 Å². The molecule has 3 aromatic carbocycles. The Morgan fingerprint density at radius 1 is 0.872 bits per heavy atom. The van der Waals surface area contributed by atoms with Crippen LogP contribution in [0.4, 0.5) is 30.2 Å². The topological polar surface area (TPSA) is 113 Å². The van der Waals surface area contributed by atoms with Gasteiger partial charge in [-0.05, 0) is 86.0 Å². The molecule has 0 saturated heterocycles. The van der Waals surface area contributed by atoms with Crippen molar-refractivity contribution in [2.24, 2.45) is 0 Å². The van der Waals surface area contributed by atoms with Gasteiger partial charge in [-0.15, -0.1) is 0 Å². The minimum Gasteiger partial charge on any atom is -0.326 e. The summed E-state index contributed by atoms with van der Waals surface area (Å²) in [4.78, 5) is 12.2. The highest BCUT2D eigenvalue weighted by Crippen LogP contribution is 2.31. The second-order valence-electron chi connectivity index (χ2n) is 8.96. The van der Waals surface area contributed by atoms with E-state index in [-0.39, 0.29) is 30.0 Å². The molecule has 0 heterocycles. The van der Waals surface area contributed by atoms with E-state index in [4.69, 9.17) is 0 Å². The van der Waals surface area contributed by atoms with Crippen LogP contribution in [0.3, 0.4) is 0 Å². The first-order valence-corrected chi connectivity index (χ1v) is 15.0. The fraction of sp³-hybridized carbons (Fsp3) is 0.269. The number of anilines is 3. The van der Waals surface area contributed by atoms with Gasteiger partial charge in [0.2, 0.25) is 15.9 Å². The molecule has 39 heavy (non-hydrogen) atoms. The van der Waals surface area contributed by atoms with Crippen LogP contribution in [-0.2, 0) is 31.0 Å². The lowest BCUT2D eigenvalue weighted by atomic mass is 10.1. The van der Waals surface area contributed by atoms with Crippen molar-refractivity contribution in [2.75, 3.05) is 27.1 Å². The number of benzene rings is 3. The van der Waals surface area contributed by atoms with E-state index in [9.17, 15) is 34.8 Å². The van der Waals surface area contributed by atoms with E-state index in [0.29, 0.717) is 17.4 Å². The number of halogens is 3. The smallest absolute Gasteiger partial charge is 0.326 e. The summed E-state index contributed by atoms with van der Waals surface area (Å²) in [6, 6.07) is 14.2. The fourth-order valence-electron chi connectivity index (χ4n) is 3.66. The maximum absolute atomic E-state index is 12.9. The van der Waals surface area contributed by atoms with Gasteiger partial charge < -0.3 is 5.32 Å². The molecule has 0 unspecified atom stereocenters. The molecule has 0 radical (unpaired) electrons. The SMILES string of the molecule is Cc1ccc(N(CCCC(=O)Nc2ccc(S(=O)(=O)Nc3cccc(C(F)(F)F)c3)cc2)S(C)(=O)=O)cc1C. The lowest BCUT2D eigenvalue weighted by Crippen LogP contribution is -2.31. The number of alkyl halides is 3. The van der Waals surface area contributed by atoms with Crippen molar-refractivity contribution in [1.29, 1.82) is 0 Å². The third kappa shape index (κ3) is 8.20. The maximum atomic E-state index is 12.9. The van der Waals surface area contributed by atoms with E-state index in [1.165, 1.54) is 34.6 Å². The molecule has 0 aromatic heterocycles. The maximum Gasteiger partial charge on any atom is 0.416 e. The zero-order valence-electron chi connectivity index (χ0n) is 21.4. The van der Waals surface area contributed by atoms with Gasteiger partial charge in [0.15, 0.2) is 0 Å².